The Kier molecular flexibility index (Phi) is 4.52. The summed E-state index contributed by atoms with van der Waals surface area (Å²) in [5.41, 5.74) is 7.48. The second-order valence-electron chi connectivity index (χ2n) is 5.40. The Bertz CT molecular complexity index is 399. The maximum atomic E-state index is 6.09. The minimum atomic E-state index is 0.246. The lowest BCUT2D eigenvalue weighted by atomic mass is 9.70. The van der Waals surface area contributed by atoms with Gasteiger partial charge in [-0.25, -0.2) is 0 Å². The van der Waals surface area contributed by atoms with Gasteiger partial charge in [-0.1, -0.05) is 30.9 Å². The normalized spacial score (nSPS) is 18.6. The van der Waals surface area contributed by atoms with E-state index in [1.807, 2.05) is 18.2 Å². The number of ether oxygens (including phenoxy) is 1. The van der Waals surface area contributed by atoms with Gasteiger partial charge in [0.25, 0.3) is 0 Å². The van der Waals surface area contributed by atoms with Gasteiger partial charge < -0.3 is 10.5 Å². The standard InChI is InChI=1S/C15H22ClNO/c1-18-14-6-5-13(16)9-12(14)10-15(11-17)7-3-2-4-8-15/h5-6,9H,2-4,7-8,10-11,17H2,1H3. The fraction of sp³-hybridized carbons (Fsp3) is 0.600. The zero-order valence-electron chi connectivity index (χ0n) is 11.0. The van der Waals surface area contributed by atoms with E-state index in [1.165, 1.54) is 37.7 Å². The summed E-state index contributed by atoms with van der Waals surface area (Å²) in [6.45, 7) is 0.753. The molecule has 0 amide bonds. The van der Waals surface area contributed by atoms with Crippen molar-refractivity contribution in [2.75, 3.05) is 13.7 Å². The molecular formula is C15H22ClNO. The molecule has 0 saturated heterocycles. The number of methoxy groups -OCH3 is 1. The van der Waals surface area contributed by atoms with Gasteiger partial charge in [0.15, 0.2) is 0 Å². The van der Waals surface area contributed by atoms with Gasteiger partial charge in [0.05, 0.1) is 7.11 Å². The number of hydrogen-bond donors (Lipinski definition) is 1. The highest BCUT2D eigenvalue weighted by atomic mass is 35.5. The molecule has 1 fully saturated rings. The second-order valence-corrected chi connectivity index (χ2v) is 5.83. The molecule has 1 aliphatic rings. The van der Waals surface area contributed by atoms with E-state index in [1.54, 1.807) is 7.11 Å². The summed E-state index contributed by atoms with van der Waals surface area (Å²) < 4.78 is 5.43. The van der Waals surface area contributed by atoms with Crippen molar-refractivity contribution in [1.29, 1.82) is 0 Å². The molecule has 2 rings (SSSR count). The van der Waals surface area contributed by atoms with E-state index in [0.717, 1.165) is 23.7 Å². The van der Waals surface area contributed by atoms with E-state index in [2.05, 4.69) is 0 Å². The van der Waals surface area contributed by atoms with Gasteiger partial charge in [0.1, 0.15) is 5.75 Å². The van der Waals surface area contributed by atoms with Crippen LogP contribution in [0.5, 0.6) is 5.75 Å². The van der Waals surface area contributed by atoms with Gasteiger partial charge in [-0.2, -0.15) is 0 Å². The molecule has 1 aromatic carbocycles. The summed E-state index contributed by atoms with van der Waals surface area (Å²) in [5, 5.41) is 0.772. The fourth-order valence-electron chi connectivity index (χ4n) is 3.04. The lowest BCUT2D eigenvalue weighted by Crippen LogP contribution is -2.35. The number of benzene rings is 1. The van der Waals surface area contributed by atoms with E-state index in [9.17, 15) is 0 Å². The Labute approximate surface area is 114 Å². The molecule has 0 aromatic heterocycles. The van der Waals surface area contributed by atoms with Crippen LogP contribution in [-0.4, -0.2) is 13.7 Å². The van der Waals surface area contributed by atoms with E-state index in [-0.39, 0.29) is 5.41 Å². The van der Waals surface area contributed by atoms with Crippen LogP contribution in [0.3, 0.4) is 0 Å². The predicted octanol–water partition coefficient (Wildman–Crippen LogP) is 3.80. The molecule has 0 aliphatic heterocycles. The SMILES string of the molecule is COc1ccc(Cl)cc1CC1(CN)CCCCC1. The molecule has 18 heavy (non-hydrogen) atoms. The molecule has 1 saturated carbocycles. The lowest BCUT2D eigenvalue weighted by molar-refractivity contribution is 0.195. The summed E-state index contributed by atoms with van der Waals surface area (Å²) in [4.78, 5) is 0. The van der Waals surface area contributed by atoms with E-state index >= 15 is 0 Å². The molecule has 0 spiro atoms. The van der Waals surface area contributed by atoms with Gasteiger partial charge >= 0.3 is 0 Å². The molecule has 0 unspecified atom stereocenters. The van der Waals surface area contributed by atoms with Crippen LogP contribution in [0, 0.1) is 5.41 Å². The summed E-state index contributed by atoms with van der Waals surface area (Å²) in [6.07, 6.45) is 7.35. The fourth-order valence-corrected chi connectivity index (χ4v) is 3.24. The van der Waals surface area contributed by atoms with E-state index in [4.69, 9.17) is 22.1 Å². The Morgan fingerprint density at radius 3 is 2.61 bits per heavy atom. The minimum Gasteiger partial charge on any atom is -0.496 e. The van der Waals surface area contributed by atoms with Gasteiger partial charge in [0.2, 0.25) is 0 Å². The monoisotopic (exact) mass is 267 g/mol. The first kappa shape index (κ1) is 13.7. The first-order chi connectivity index (χ1) is 8.69. The van der Waals surface area contributed by atoms with Gasteiger partial charge in [-0.05, 0) is 55.0 Å². The third-order valence-corrected chi connectivity index (χ3v) is 4.39. The molecule has 1 aliphatic carbocycles. The second kappa shape index (κ2) is 5.94. The molecule has 100 valence electrons. The summed E-state index contributed by atoms with van der Waals surface area (Å²) in [5.74, 6) is 0.929. The van der Waals surface area contributed by atoms with Crippen molar-refractivity contribution in [3.63, 3.8) is 0 Å². The highest BCUT2D eigenvalue weighted by Crippen LogP contribution is 2.40. The van der Waals surface area contributed by atoms with Crippen LogP contribution in [0.15, 0.2) is 18.2 Å². The van der Waals surface area contributed by atoms with Crippen LogP contribution in [0.4, 0.5) is 0 Å². The summed E-state index contributed by atoms with van der Waals surface area (Å²) in [7, 11) is 1.71. The third-order valence-electron chi connectivity index (χ3n) is 4.16. The maximum absolute atomic E-state index is 6.09. The summed E-state index contributed by atoms with van der Waals surface area (Å²) in [6, 6.07) is 5.84. The lowest BCUT2D eigenvalue weighted by Gasteiger charge is -2.36. The molecule has 0 heterocycles. The van der Waals surface area contributed by atoms with Gasteiger partial charge in [-0.15, -0.1) is 0 Å². The van der Waals surface area contributed by atoms with Crippen molar-refractivity contribution in [1.82, 2.24) is 0 Å². The Morgan fingerprint density at radius 1 is 1.28 bits per heavy atom. The molecule has 3 heteroatoms. The molecule has 1 aromatic rings. The molecular weight excluding hydrogens is 246 g/mol. The maximum Gasteiger partial charge on any atom is 0.122 e. The number of hydrogen-bond acceptors (Lipinski definition) is 2. The third kappa shape index (κ3) is 2.99. The van der Waals surface area contributed by atoms with Crippen molar-refractivity contribution in [3.8, 4) is 5.75 Å². The van der Waals surface area contributed by atoms with Crippen molar-refractivity contribution in [2.45, 2.75) is 38.5 Å². The molecule has 0 radical (unpaired) electrons. The summed E-state index contributed by atoms with van der Waals surface area (Å²) >= 11 is 6.09. The van der Waals surface area contributed by atoms with Crippen LogP contribution in [0.2, 0.25) is 5.02 Å². The average molecular weight is 268 g/mol. The number of rotatable bonds is 4. The Hall–Kier alpha value is -0.730. The van der Waals surface area contributed by atoms with Gasteiger partial charge in [-0.3, -0.25) is 0 Å². The van der Waals surface area contributed by atoms with Crippen molar-refractivity contribution in [2.24, 2.45) is 11.1 Å². The highest BCUT2D eigenvalue weighted by Gasteiger charge is 2.31. The smallest absolute Gasteiger partial charge is 0.122 e. The number of halogens is 1. The topological polar surface area (TPSA) is 35.2 Å². The highest BCUT2D eigenvalue weighted by molar-refractivity contribution is 6.30. The van der Waals surface area contributed by atoms with Crippen LogP contribution in [0.1, 0.15) is 37.7 Å². The van der Waals surface area contributed by atoms with Crippen LogP contribution < -0.4 is 10.5 Å². The quantitative estimate of drug-likeness (QED) is 0.901. The zero-order chi connectivity index (χ0) is 13.0. The molecule has 0 bridgehead atoms. The average Bonchev–Trinajstić information content (AvgIpc) is 2.40. The zero-order valence-corrected chi connectivity index (χ0v) is 11.8. The van der Waals surface area contributed by atoms with E-state index < -0.39 is 0 Å². The minimum absolute atomic E-state index is 0.246. The molecule has 0 atom stereocenters. The molecule has 2 nitrogen and oxygen atoms in total. The Balaban J connectivity index is 2.23. The van der Waals surface area contributed by atoms with E-state index in [0.29, 0.717) is 0 Å². The van der Waals surface area contributed by atoms with Crippen molar-refractivity contribution in [3.05, 3.63) is 28.8 Å². The van der Waals surface area contributed by atoms with Gasteiger partial charge in [0, 0.05) is 5.02 Å². The largest absolute Gasteiger partial charge is 0.496 e. The van der Waals surface area contributed by atoms with Crippen LogP contribution in [0.25, 0.3) is 0 Å². The van der Waals surface area contributed by atoms with Crippen molar-refractivity contribution >= 4 is 11.6 Å². The first-order valence-electron chi connectivity index (χ1n) is 6.72. The van der Waals surface area contributed by atoms with Crippen LogP contribution >= 0.6 is 11.6 Å². The van der Waals surface area contributed by atoms with Crippen molar-refractivity contribution < 1.29 is 4.74 Å². The van der Waals surface area contributed by atoms with Crippen LogP contribution in [-0.2, 0) is 6.42 Å². The molecule has 2 N–H and O–H groups in total. The first-order valence-corrected chi connectivity index (χ1v) is 7.09. The predicted molar refractivity (Wildman–Crippen MR) is 76.3 cm³/mol. The number of nitrogens with two attached hydrogens (primary N) is 1. The Morgan fingerprint density at radius 2 is 2.00 bits per heavy atom.